The number of benzene rings is 5. The number of carbonyl (C=O) groups is 3. The van der Waals surface area contributed by atoms with Gasteiger partial charge in [0.2, 0.25) is 11.2 Å². The highest BCUT2D eigenvalue weighted by molar-refractivity contribution is 5.94. The zero-order valence-electron chi connectivity index (χ0n) is 36.8. The van der Waals surface area contributed by atoms with Gasteiger partial charge in [0.1, 0.15) is 17.3 Å². The molecule has 8 rings (SSSR count). The molecule has 1 aliphatic heterocycles. The molecule has 6 aromatic rings. The number of aromatic amines is 1. The molecule has 0 radical (unpaired) electrons. The summed E-state index contributed by atoms with van der Waals surface area (Å²) in [5.74, 6) is -1.93. The first-order valence-electron chi connectivity index (χ1n) is 22.5. The monoisotopic (exact) mass is 911 g/mol. The second kappa shape index (κ2) is 21.2. The van der Waals surface area contributed by atoms with Crippen LogP contribution in [0.1, 0.15) is 70.0 Å². The van der Waals surface area contributed by atoms with Crippen LogP contribution in [0.25, 0.3) is 10.9 Å². The van der Waals surface area contributed by atoms with Crippen LogP contribution in [-0.2, 0) is 33.0 Å². The summed E-state index contributed by atoms with van der Waals surface area (Å²) in [6.45, 7) is 2.61. The van der Waals surface area contributed by atoms with E-state index in [1.54, 1.807) is 54.6 Å². The van der Waals surface area contributed by atoms with Gasteiger partial charge >= 0.3 is 5.97 Å². The van der Waals surface area contributed by atoms with Gasteiger partial charge in [-0.3, -0.25) is 19.3 Å². The van der Waals surface area contributed by atoms with Crippen molar-refractivity contribution in [2.75, 3.05) is 32.8 Å². The van der Waals surface area contributed by atoms with E-state index in [-0.39, 0.29) is 89.5 Å². The molecule has 1 aromatic heterocycles. The van der Waals surface area contributed by atoms with Crippen LogP contribution in [-0.4, -0.2) is 87.9 Å². The molecule has 7 N–H and O–H groups in total. The van der Waals surface area contributed by atoms with Crippen LogP contribution in [0, 0.1) is 11.7 Å². The Kier molecular flexibility index (Phi) is 14.7. The van der Waals surface area contributed by atoms with Gasteiger partial charge in [-0.05, 0) is 97.8 Å². The molecule has 0 spiro atoms. The fraction of sp³-hybridized carbons (Fsp3) is 0.308. The van der Waals surface area contributed by atoms with Crippen LogP contribution < -0.4 is 26.2 Å². The van der Waals surface area contributed by atoms with Gasteiger partial charge in [-0.2, -0.15) is 0 Å². The van der Waals surface area contributed by atoms with Gasteiger partial charge in [0.15, 0.2) is 6.61 Å². The van der Waals surface area contributed by atoms with Crippen LogP contribution in [0.2, 0.25) is 0 Å². The molecule has 67 heavy (non-hydrogen) atoms. The fourth-order valence-corrected chi connectivity index (χ4v) is 8.72. The second-order valence-electron chi connectivity index (χ2n) is 17.3. The molecule has 14 nitrogen and oxygen atoms in total. The largest absolute Gasteiger partial charge is 0.506 e. The number of aromatic nitrogens is 1. The van der Waals surface area contributed by atoms with Crippen LogP contribution in [0.15, 0.2) is 132 Å². The molecule has 2 amide bonds. The standard InChI is InChI=1S/C52H54FN5O9/c53-44-24-35(14-15-36(44)28-54-29-46(60)42-16-18-45(59)49-43(42)17-19-47(61)57-49)50(63)56-40-26-39(27-40)55-48(62)32-66-41-13-7-12-38(25-41)52(65,37-10-5-2-6-11-37)51(64)67-31-34-20-22-58(23-21-34)30-33-8-3-1-4-9-33/h1-19,24-25,34,39-40,46,54,59-60,65H,20-23,26-32H2,(H,55,62)(H,56,63)(H,57,61)/t39?,40?,46-,52-/m0/s1. The van der Waals surface area contributed by atoms with Crippen molar-refractivity contribution in [3.8, 4) is 11.5 Å². The number of hydrogen-bond acceptors (Lipinski definition) is 11. The number of ether oxygens (including phenoxy) is 2. The van der Waals surface area contributed by atoms with Crippen LogP contribution in [0.3, 0.4) is 0 Å². The lowest BCUT2D eigenvalue weighted by Gasteiger charge is -2.36. The molecule has 2 atom stereocenters. The third kappa shape index (κ3) is 11.4. The van der Waals surface area contributed by atoms with Gasteiger partial charge in [-0.25, -0.2) is 9.18 Å². The third-order valence-corrected chi connectivity index (χ3v) is 12.6. The van der Waals surface area contributed by atoms with Crippen molar-refractivity contribution in [2.45, 2.75) is 62.6 Å². The van der Waals surface area contributed by atoms with Crippen LogP contribution >= 0.6 is 0 Å². The summed E-state index contributed by atoms with van der Waals surface area (Å²) in [6.07, 6.45) is 1.64. The minimum atomic E-state index is -2.13. The first-order valence-corrected chi connectivity index (χ1v) is 22.5. The molecule has 2 aliphatic rings. The molecule has 0 bridgehead atoms. The van der Waals surface area contributed by atoms with Gasteiger partial charge in [-0.1, -0.05) is 84.9 Å². The number of fused-ring (bicyclic) bond motifs is 1. The molecule has 15 heteroatoms. The maximum Gasteiger partial charge on any atom is 0.347 e. The number of nitrogens with zero attached hydrogens (tertiary/aromatic N) is 1. The van der Waals surface area contributed by atoms with E-state index in [0.717, 1.165) is 38.5 Å². The second-order valence-corrected chi connectivity index (χ2v) is 17.3. The Morgan fingerprint density at radius 2 is 1.55 bits per heavy atom. The van der Waals surface area contributed by atoms with Crippen molar-refractivity contribution in [2.24, 2.45) is 5.92 Å². The van der Waals surface area contributed by atoms with Gasteiger partial charge < -0.3 is 45.7 Å². The lowest BCUT2D eigenvalue weighted by molar-refractivity contribution is -0.164. The number of carbonyl (C=O) groups excluding carboxylic acids is 3. The number of pyridine rings is 1. The summed E-state index contributed by atoms with van der Waals surface area (Å²) in [4.78, 5) is 56.4. The highest BCUT2D eigenvalue weighted by Gasteiger charge is 2.42. The molecule has 348 valence electrons. The van der Waals surface area contributed by atoms with Crippen molar-refractivity contribution in [3.63, 3.8) is 0 Å². The Morgan fingerprint density at radius 3 is 2.30 bits per heavy atom. The summed E-state index contributed by atoms with van der Waals surface area (Å²) < 4.78 is 26.8. The van der Waals surface area contributed by atoms with Gasteiger partial charge in [0, 0.05) is 59.9 Å². The van der Waals surface area contributed by atoms with E-state index < -0.39 is 29.4 Å². The van der Waals surface area contributed by atoms with Crippen molar-refractivity contribution < 1.29 is 43.6 Å². The highest BCUT2D eigenvalue weighted by atomic mass is 19.1. The number of phenols is 1. The number of halogens is 1. The number of amides is 2. The summed E-state index contributed by atoms with van der Waals surface area (Å²) in [6, 6.07) is 34.8. The Hall–Kier alpha value is -6.91. The number of esters is 1. The normalized spacial score (nSPS) is 17.7. The number of aliphatic hydroxyl groups is 2. The number of rotatable bonds is 18. The van der Waals surface area contributed by atoms with E-state index in [1.165, 1.54) is 42.0 Å². The predicted octanol–water partition coefficient (Wildman–Crippen LogP) is 5.34. The summed E-state index contributed by atoms with van der Waals surface area (Å²) in [5.41, 5.74) is 0.427. The quantitative estimate of drug-likeness (QED) is 0.0549. The molecule has 0 unspecified atom stereocenters. The van der Waals surface area contributed by atoms with E-state index in [9.17, 15) is 34.5 Å². The van der Waals surface area contributed by atoms with E-state index in [2.05, 4.69) is 38.0 Å². The van der Waals surface area contributed by atoms with Gasteiger partial charge in [0.05, 0.1) is 18.2 Å². The summed E-state index contributed by atoms with van der Waals surface area (Å²) in [7, 11) is 0. The first kappa shape index (κ1) is 46.6. The van der Waals surface area contributed by atoms with Crippen LogP contribution in [0.4, 0.5) is 4.39 Å². The molecule has 1 aliphatic carbocycles. The lowest BCUT2D eigenvalue weighted by Crippen LogP contribution is -2.54. The highest BCUT2D eigenvalue weighted by Crippen LogP contribution is 2.34. The molecular weight excluding hydrogens is 858 g/mol. The molecule has 1 saturated heterocycles. The Labute approximate surface area is 386 Å². The van der Waals surface area contributed by atoms with E-state index in [1.807, 2.05) is 18.2 Å². The van der Waals surface area contributed by atoms with E-state index in [0.29, 0.717) is 29.4 Å². The van der Waals surface area contributed by atoms with Crippen molar-refractivity contribution >= 4 is 28.7 Å². The Bertz CT molecular complexity index is 2740. The van der Waals surface area contributed by atoms with Gasteiger partial charge in [-0.15, -0.1) is 0 Å². The maximum atomic E-state index is 15.1. The summed E-state index contributed by atoms with van der Waals surface area (Å²) in [5, 5.41) is 42.3. The number of nitrogens with one attached hydrogen (secondary N) is 4. The van der Waals surface area contributed by atoms with Crippen molar-refractivity contribution in [3.05, 3.63) is 177 Å². The summed E-state index contributed by atoms with van der Waals surface area (Å²) >= 11 is 0. The van der Waals surface area contributed by atoms with E-state index in [4.69, 9.17) is 9.47 Å². The maximum absolute atomic E-state index is 15.1. The smallest absolute Gasteiger partial charge is 0.347 e. The van der Waals surface area contributed by atoms with Crippen molar-refractivity contribution in [1.82, 2.24) is 25.8 Å². The Morgan fingerprint density at radius 1 is 0.836 bits per heavy atom. The molecule has 1 saturated carbocycles. The number of phenolic OH excluding ortho intramolecular Hbond substituents is 1. The molecule has 5 aromatic carbocycles. The fourth-order valence-electron chi connectivity index (χ4n) is 8.72. The first-order chi connectivity index (χ1) is 32.4. The number of hydrogen-bond donors (Lipinski definition) is 7. The zero-order chi connectivity index (χ0) is 46.9. The topological polar surface area (TPSA) is 203 Å². The zero-order valence-corrected chi connectivity index (χ0v) is 36.8. The minimum absolute atomic E-state index is 0.0488. The van der Waals surface area contributed by atoms with Gasteiger partial charge in [0.25, 0.3) is 11.8 Å². The average Bonchev–Trinajstić information content (AvgIpc) is 3.33. The third-order valence-electron chi connectivity index (χ3n) is 12.6. The average molecular weight is 912 g/mol. The van der Waals surface area contributed by atoms with Crippen molar-refractivity contribution in [1.29, 1.82) is 0 Å². The SMILES string of the molecule is O=C(COc1cccc([C@](O)(C(=O)OCC2CCN(Cc3ccccc3)CC2)c2ccccc2)c1)NC1CC(NC(=O)c2ccc(CNC[C@H](O)c3ccc(O)c4[nH]c(=O)ccc34)c(F)c2)C1. The molecule has 2 heterocycles. The Balaban J connectivity index is 0.773. The minimum Gasteiger partial charge on any atom is -0.506 e. The molecular formula is C52H54FN5O9. The number of aromatic hydroxyl groups is 1. The number of piperidine rings is 1. The lowest BCUT2D eigenvalue weighted by atomic mass is 9.86. The molecule has 2 fully saturated rings. The van der Waals surface area contributed by atoms with Crippen LogP contribution in [0.5, 0.6) is 11.5 Å². The number of likely N-dealkylation sites (tertiary alicyclic amines) is 1. The number of aliphatic hydroxyl groups excluding tert-OH is 1. The van der Waals surface area contributed by atoms with E-state index >= 15 is 4.39 Å². The predicted molar refractivity (Wildman–Crippen MR) is 248 cm³/mol. The number of H-pyrrole nitrogens is 1.